The van der Waals surface area contributed by atoms with Gasteiger partial charge in [-0.25, -0.2) is 0 Å². The minimum atomic E-state index is -0.418. The number of carbonyl (C=O) groups is 2. The molecular formula is C22H20O6. The van der Waals surface area contributed by atoms with E-state index in [1.807, 2.05) is 60.7 Å². The molecule has 3 rings (SSSR count). The second-order valence-electron chi connectivity index (χ2n) is 5.77. The second kappa shape index (κ2) is 9.97. The van der Waals surface area contributed by atoms with E-state index in [1.54, 1.807) is 0 Å². The van der Waals surface area contributed by atoms with Crippen molar-refractivity contribution >= 4 is 11.6 Å². The van der Waals surface area contributed by atoms with Gasteiger partial charge in [-0.05, 0) is 24.3 Å². The highest BCUT2D eigenvalue weighted by Crippen LogP contribution is 2.15. The highest BCUT2D eigenvalue weighted by atomic mass is 16.5. The molecule has 1 aliphatic carbocycles. The van der Waals surface area contributed by atoms with Crippen LogP contribution in [-0.4, -0.2) is 38.0 Å². The van der Waals surface area contributed by atoms with E-state index in [-0.39, 0.29) is 37.9 Å². The summed E-state index contributed by atoms with van der Waals surface area (Å²) < 4.78 is 21.7. The molecule has 0 spiro atoms. The molecule has 2 aromatic carbocycles. The van der Waals surface area contributed by atoms with E-state index in [2.05, 4.69) is 0 Å². The molecule has 0 fully saturated rings. The van der Waals surface area contributed by atoms with Crippen LogP contribution in [0.25, 0.3) is 0 Å². The van der Waals surface area contributed by atoms with Crippen LogP contribution < -0.4 is 9.47 Å². The van der Waals surface area contributed by atoms with Gasteiger partial charge in [-0.3, -0.25) is 9.59 Å². The zero-order valence-corrected chi connectivity index (χ0v) is 15.2. The Morgan fingerprint density at radius 1 is 0.500 bits per heavy atom. The fourth-order valence-electron chi connectivity index (χ4n) is 2.40. The minimum absolute atomic E-state index is 0.0189. The number of ketones is 2. The van der Waals surface area contributed by atoms with Gasteiger partial charge in [0, 0.05) is 12.2 Å². The van der Waals surface area contributed by atoms with Gasteiger partial charge >= 0.3 is 0 Å². The Labute approximate surface area is 163 Å². The first-order chi connectivity index (χ1) is 13.7. The molecule has 0 saturated heterocycles. The molecule has 0 heterocycles. The van der Waals surface area contributed by atoms with E-state index in [4.69, 9.17) is 18.9 Å². The van der Waals surface area contributed by atoms with Crippen molar-refractivity contribution in [3.05, 3.63) is 84.3 Å². The largest absolute Gasteiger partial charge is 0.490 e. The summed E-state index contributed by atoms with van der Waals surface area (Å²) in [6, 6.07) is 18.5. The number of hydrogen-bond acceptors (Lipinski definition) is 6. The first-order valence-electron chi connectivity index (χ1n) is 8.86. The molecule has 0 radical (unpaired) electrons. The number of ether oxygens (including phenoxy) is 4. The van der Waals surface area contributed by atoms with Gasteiger partial charge in [-0.15, -0.1) is 0 Å². The quantitative estimate of drug-likeness (QED) is 0.466. The third kappa shape index (κ3) is 5.74. The molecule has 0 unspecified atom stereocenters. The van der Waals surface area contributed by atoms with Crippen molar-refractivity contribution in [3.8, 4) is 11.5 Å². The Balaban J connectivity index is 1.39. The van der Waals surface area contributed by atoms with Gasteiger partial charge in [0.05, 0.1) is 0 Å². The van der Waals surface area contributed by atoms with Crippen LogP contribution in [-0.2, 0) is 19.1 Å². The molecule has 0 saturated carbocycles. The lowest BCUT2D eigenvalue weighted by Gasteiger charge is -2.15. The molecule has 1 aliphatic rings. The Bertz CT molecular complexity index is 782. The van der Waals surface area contributed by atoms with E-state index < -0.39 is 11.6 Å². The second-order valence-corrected chi connectivity index (χ2v) is 5.77. The van der Waals surface area contributed by atoms with E-state index in [1.165, 1.54) is 0 Å². The van der Waals surface area contributed by atoms with Crippen molar-refractivity contribution in [1.82, 2.24) is 0 Å². The van der Waals surface area contributed by atoms with Gasteiger partial charge in [0.25, 0.3) is 0 Å². The Morgan fingerprint density at radius 3 is 1.25 bits per heavy atom. The van der Waals surface area contributed by atoms with Crippen LogP contribution in [0.3, 0.4) is 0 Å². The fraction of sp³-hybridized carbons (Fsp3) is 0.182. The van der Waals surface area contributed by atoms with Crippen LogP contribution in [0, 0.1) is 0 Å². The van der Waals surface area contributed by atoms with Crippen molar-refractivity contribution in [3.63, 3.8) is 0 Å². The van der Waals surface area contributed by atoms with Crippen molar-refractivity contribution in [1.29, 1.82) is 0 Å². The Kier molecular flexibility index (Phi) is 6.84. The SMILES string of the molecule is O=C1C=C(OCCOc2ccccc2)C(=O)C=C1OCCOc1ccccc1. The van der Waals surface area contributed by atoms with Gasteiger partial charge in [-0.2, -0.15) is 0 Å². The first kappa shape index (κ1) is 19.2. The van der Waals surface area contributed by atoms with E-state index in [0.717, 1.165) is 12.2 Å². The molecule has 144 valence electrons. The predicted molar refractivity (Wildman–Crippen MR) is 102 cm³/mol. The lowest BCUT2D eigenvalue weighted by atomic mass is 10.1. The summed E-state index contributed by atoms with van der Waals surface area (Å²) in [4.78, 5) is 24.2. The number of rotatable bonds is 10. The normalized spacial score (nSPS) is 13.4. The zero-order chi connectivity index (χ0) is 19.6. The van der Waals surface area contributed by atoms with Crippen molar-refractivity contribution in [2.24, 2.45) is 0 Å². The van der Waals surface area contributed by atoms with Crippen molar-refractivity contribution < 1.29 is 28.5 Å². The lowest BCUT2D eigenvalue weighted by Crippen LogP contribution is -2.20. The molecule has 0 amide bonds. The average Bonchev–Trinajstić information content (AvgIpc) is 2.73. The molecule has 0 aromatic heterocycles. The summed E-state index contributed by atoms with van der Waals surface area (Å²) in [5.41, 5.74) is 0. The van der Waals surface area contributed by atoms with Crippen molar-refractivity contribution in [2.75, 3.05) is 26.4 Å². The lowest BCUT2D eigenvalue weighted by molar-refractivity contribution is -0.120. The summed E-state index contributed by atoms with van der Waals surface area (Å²) in [7, 11) is 0. The maximum atomic E-state index is 12.1. The van der Waals surface area contributed by atoms with Crippen LogP contribution >= 0.6 is 0 Å². The number of hydrogen-bond donors (Lipinski definition) is 0. The summed E-state index contributed by atoms with van der Waals surface area (Å²) >= 11 is 0. The number of para-hydroxylation sites is 2. The van der Waals surface area contributed by atoms with Gasteiger partial charge in [0.2, 0.25) is 11.6 Å². The number of allylic oxidation sites excluding steroid dienone is 2. The molecule has 0 bridgehead atoms. The smallest absolute Gasteiger partial charge is 0.224 e. The van der Waals surface area contributed by atoms with Crippen molar-refractivity contribution in [2.45, 2.75) is 0 Å². The van der Waals surface area contributed by atoms with Crippen LogP contribution in [0.15, 0.2) is 84.3 Å². The highest BCUT2D eigenvalue weighted by Gasteiger charge is 2.22. The van der Waals surface area contributed by atoms with Gasteiger partial charge < -0.3 is 18.9 Å². The maximum absolute atomic E-state index is 12.1. The van der Waals surface area contributed by atoms with E-state index >= 15 is 0 Å². The highest BCUT2D eigenvalue weighted by molar-refractivity contribution is 6.18. The summed E-state index contributed by atoms with van der Waals surface area (Å²) in [5.74, 6) is 0.541. The summed E-state index contributed by atoms with van der Waals surface area (Å²) in [5, 5.41) is 0. The first-order valence-corrected chi connectivity index (χ1v) is 8.86. The third-order valence-electron chi connectivity index (χ3n) is 3.72. The molecule has 0 atom stereocenters. The molecule has 0 aliphatic heterocycles. The summed E-state index contributed by atoms with van der Waals surface area (Å²) in [6.45, 7) is 0.808. The molecule has 6 nitrogen and oxygen atoms in total. The number of carbonyl (C=O) groups excluding carboxylic acids is 2. The monoisotopic (exact) mass is 380 g/mol. The topological polar surface area (TPSA) is 71.1 Å². The van der Waals surface area contributed by atoms with Gasteiger partial charge in [0.1, 0.15) is 37.9 Å². The standard InChI is InChI=1S/C22H20O6/c23-19-16-22(28-14-12-26-18-9-5-2-6-10-18)20(24)15-21(19)27-13-11-25-17-7-3-1-4-8-17/h1-10,15-16H,11-14H2. The predicted octanol–water partition coefficient (Wildman–Crippen LogP) is 3.10. The number of benzene rings is 2. The van der Waals surface area contributed by atoms with Gasteiger partial charge in [-0.1, -0.05) is 36.4 Å². The van der Waals surface area contributed by atoms with Crippen LogP contribution in [0.4, 0.5) is 0 Å². The van der Waals surface area contributed by atoms with Crippen LogP contribution in [0.1, 0.15) is 0 Å². The molecule has 28 heavy (non-hydrogen) atoms. The maximum Gasteiger partial charge on any atom is 0.224 e. The third-order valence-corrected chi connectivity index (χ3v) is 3.72. The molecule has 2 aromatic rings. The van der Waals surface area contributed by atoms with E-state index in [0.29, 0.717) is 11.5 Å². The minimum Gasteiger partial charge on any atom is -0.490 e. The molecule has 6 heteroatoms. The van der Waals surface area contributed by atoms with Crippen LogP contribution in [0.5, 0.6) is 11.5 Å². The van der Waals surface area contributed by atoms with E-state index in [9.17, 15) is 9.59 Å². The average molecular weight is 380 g/mol. The molecular weight excluding hydrogens is 360 g/mol. The van der Waals surface area contributed by atoms with Crippen LogP contribution in [0.2, 0.25) is 0 Å². The summed E-state index contributed by atoms with van der Waals surface area (Å²) in [6.07, 6.45) is 2.27. The Morgan fingerprint density at radius 2 is 0.857 bits per heavy atom. The van der Waals surface area contributed by atoms with Gasteiger partial charge in [0.15, 0.2) is 11.5 Å². The molecule has 0 N–H and O–H groups in total. The fourth-order valence-corrected chi connectivity index (χ4v) is 2.40. The Hall–Kier alpha value is -3.54. The zero-order valence-electron chi connectivity index (χ0n) is 15.2.